The maximum absolute atomic E-state index is 12.3. The Bertz CT molecular complexity index is 682. The molecule has 8 heteroatoms. The van der Waals surface area contributed by atoms with Crippen molar-refractivity contribution in [1.82, 2.24) is 14.9 Å². The zero-order valence-electron chi connectivity index (χ0n) is 13.9. The first-order chi connectivity index (χ1) is 11.5. The van der Waals surface area contributed by atoms with Crippen LogP contribution in [0.1, 0.15) is 18.4 Å². The maximum Gasteiger partial charge on any atom is 0.240 e. The van der Waals surface area contributed by atoms with Gasteiger partial charge in [-0.2, -0.15) is 0 Å². The molecule has 0 amide bonds. The molecule has 24 heavy (non-hydrogen) atoms. The van der Waals surface area contributed by atoms with Crippen molar-refractivity contribution < 1.29 is 13.2 Å². The van der Waals surface area contributed by atoms with Gasteiger partial charge in [-0.25, -0.2) is 13.1 Å². The van der Waals surface area contributed by atoms with Crippen LogP contribution in [0.4, 0.5) is 0 Å². The molecule has 2 aliphatic heterocycles. The molecule has 1 saturated heterocycles. The molecule has 3 rings (SSSR count). The molecule has 0 aliphatic carbocycles. The topological polar surface area (TPSA) is 83.0 Å². The molecule has 1 aromatic carbocycles. The highest BCUT2D eigenvalue weighted by atomic mass is 32.2. The van der Waals surface area contributed by atoms with Gasteiger partial charge in [-0.3, -0.25) is 4.99 Å². The summed E-state index contributed by atoms with van der Waals surface area (Å²) >= 11 is 0. The summed E-state index contributed by atoms with van der Waals surface area (Å²) in [5, 5.41) is 3.26. The minimum Gasteiger partial charge on any atom is -0.377 e. The Balaban J connectivity index is 1.54. The van der Waals surface area contributed by atoms with E-state index in [1.165, 1.54) is 0 Å². The number of hydrogen-bond donors (Lipinski definition) is 2. The largest absolute Gasteiger partial charge is 0.377 e. The smallest absolute Gasteiger partial charge is 0.240 e. The number of guanidine groups is 1. The number of aliphatic imine (C=N–C) groups is 1. The van der Waals surface area contributed by atoms with Crippen LogP contribution in [0, 0.1) is 0 Å². The fraction of sp³-hybridized carbons (Fsp3) is 0.562. The average molecular weight is 352 g/mol. The molecule has 1 fully saturated rings. The lowest BCUT2D eigenvalue weighted by atomic mass is 10.2. The first kappa shape index (κ1) is 17.2. The predicted octanol–water partition coefficient (Wildman–Crippen LogP) is 0.535. The highest BCUT2D eigenvalue weighted by Gasteiger charge is 2.20. The van der Waals surface area contributed by atoms with Crippen molar-refractivity contribution in [2.24, 2.45) is 4.99 Å². The summed E-state index contributed by atoms with van der Waals surface area (Å²) in [6.45, 7) is 3.40. The summed E-state index contributed by atoms with van der Waals surface area (Å²) in [4.78, 5) is 6.71. The third kappa shape index (κ3) is 4.25. The number of sulfonamides is 1. The molecule has 7 nitrogen and oxygen atoms in total. The zero-order chi connectivity index (χ0) is 17.0. The van der Waals surface area contributed by atoms with Crippen LogP contribution in [0.5, 0.6) is 0 Å². The van der Waals surface area contributed by atoms with E-state index >= 15 is 0 Å². The Morgan fingerprint density at radius 1 is 1.33 bits per heavy atom. The van der Waals surface area contributed by atoms with Crippen molar-refractivity contribution in [3.8, 4) is 0 Å². The lowest BCUT2D eigenvalue weighted by Crippen LogP contribution is -2.35. The number of benzene rings is 1. The van der Waals surface area contributed by atoms with Crippen LogP contribution in [-0.2, 0) is 21.3 Å². The van der Waals surface area contributed by atoms with Gasteiger partial charge in [-0.1, -0.05) is 12.1 Å². The molecule has 2 aliphatic rings. The average Bonchev–Trinajstić information content (AvgIpc) is 3.23. The van der Waals surface area contributed by atoms with Gasteiger partial charge in [0.25, 0.3) is 0 Å². The van der Waals surface area contributed by atoms with Gasteiger partial charge in [0.05, 0.1) is 17.5 Å². The first-order valence-corrected chi connectivity index (χ1v) is 9.72. The molecule has 0 spiro atoms. The third-order valence-corrected chi connectivity index (χ3v) is 5.71. The van der Waals surface area contributed by atoms with Crippen LogP contribution in [-0.4, -0.2) is 58.7 Å². The number of likely N-dealkylation sites (N-methyl/N-ethyl adjacent to an activating group) is 1. The minimum absolute atomic E-state index is 0.00701. The van der Waals surface area contributed by atoms with Crippen LogP contribution in [0.15, 0.2) is 34.2 Å². The normalized spacial score (nSPS) is 21.1. The van der Waals surface area contributed by atoms with E-state index in [2.05, 4.69) is 19.9 Å². The number of hydrogen-bond acceptors (Lipinski definition) is 6. The van der Waals surface area contributed by atoms with Crippen LogP contribution in [0.25, 0.3) is 0 Å². The molecule has 0 radical (unpaired) electrons. The van der Waals surface area contributed by atoms with E-state index in [-0.39, 0.29) is 11.0 Å². The SMILES string of the molecule is CN1CCN=C1NCc1ccc(S(=O)(=O)NCC2CCCO2)cc1. The van der Waals surface area contributed by atoms with E-state index in [0.29, 0.717) is 19.7 Å². The molecule has 0 saturated carbocycles. The lowest BCUT2D eigenvalue weighted by molar-refractivity contribution is 0.114. The van der Waals surface area contributed by atoms with Gasteiger partial charge in [0, 0.05) is 33.3 Å². The molecule has 1 aromatic rings. The van der Waals surface area contributed by atoms with Gasteiger partial charge >= 0.3 is 0 Å². The quantitative estimate of drug-likeness (QED) is 0.781. The Morgan fingerprint density at radius 2 is 2.12 bits per heavy atom. The summed E-state index contributed by atoms with van der Waals surface area (Å²) < 4.78 is 32.7. The van der Waals surface area contributed by atoms with Gasteiger partial charge in [-0.15, -0.1) is 0 Å². The van der Waals surface area contributed by atoms with Gasteiger partial charge in [0.2, 0.25) is 10.0 Å². The van der Waals surface area contributed by atoms with Gasteiger partial charge in [0.15, 0.2) is 5.96 Å². The highest BCUT2D eigenvalue weighted by molar-refractivity contribution is 7.89. The van der Waals surface area contributed by atoms with E-state index in [1.807, 2.05) is 19.2 Å². The lowest BCUT2D eigenvalue weighted by Gasteiger charge is -2.15. The Labute approximate surface area is 143 Å². The van der Waals surface area contributed by atoms with E-state index in [1.54, 1.807) is 12.1 Å². The van der Waals surface area contributed by atoms with Crippen LogP contribution < -0.4 is 10.0 Å². The van der Waals surface area contributed by atoms with Crippen molar-refractivity contribution in [2.45, 2.75) is 30.4 Å². The molecule has 2 heterocycles. The fourth-order valence-corrected chi connectivity index (χ4v) is 3.85. The second-order valence-corrected chi connectivity index (χ2v) is 7.88. The zero-order valence-corrected chi connectivity index (χ0v) is 14.7. The number of nitrogens with zero attached hydrogens (tertiary/aromatic N) is 2. The van der Waals surface area contributed by atoms with Crippen LogP contribution in [0.3, 0.4) is 0 Å². The highest BCUT2D eigenvalue weighted by Crippen LogP contribution is 2.14. The summed E-state index contributed by atoms with van der Waals surface area (Å²) in [6, 6.07) is 6.91. The van der Waals surface area contributed by atoms with E-state index < -0.39 is 10.0 Å². The van der Waals surface area contributed by atoms with Crippen LogP contribution >= 0.6 is 0 Å². The number of nitrogens with one attached hydrogen (secondary N) is 2. The van der Waals surface area contributed by atoms with Gasteiger partial charge < -0.3 is 15.0 Å². The van der Waals surface area contributed by atoms with Crippen molar-refractivity contribution in [1.29, 1.82) is 0 Å². The molecule has 132 valence electrons. The summed E-state index contributed by atoms with van der Waals surface area (Å²) in [5.41, 5.74) is 1.01. The first-order valence-electron chi connectivity index (χ1n) is 8.24. The van der Waals surface area contributed by atoms with Crippen LogP contribution in [0.2, 0.25) is 0 Å². The van der Waals surface area contributed by atoms with Gasteiger partial charge in [-0.05, 0) is 30.5 Å². The van der Waals surface area contributed by atoms with E-state index in [0.717, 1.165) is 37.5 Å². The Morgan fingerprint density at radius 3 is 2.75 bits per heavy atom. The summed E-state index contributed by atoms with van der Waals surface area (Å²) in [5.74, 6) is 0.880. The second kappa shape index (κ2) is 7.50. The van der Waals surface area contributed by atoms with Crippen molar-refractivity contribution in [3.63, 3.8) is 0 Å². The number of ether oxygens (including phenoxy) is 1. The molecule has 2 N–H and O–H groups in total. The third-order valence-electron chi connectivity index (χ3n) is 4.27. The Hall–Kier alpha value is -1.64. The minimum atomic E-state index is -3.49. The second-order valence-electron chi connectivity index (χ2n) is 6.11. The fourth-order valence-electron chi connectivity index (χ4n) is 2.78. The predicted molar refractivity (Wildman–Crippen MR) is 92.4 cm³/mol. The monoisotopic (exact) mass is 352 g/mol. The molecular weight excluding hydrogens is 328 g/mol. The molecule has 1 atom stereocenters. The van der Waals surface area contributed by atoms with E-state index in [4.69, 9.17) is 4.74 Å². The number of rotatable bonds is 6. The van der Waals surface area contributed by atoms with Crippen molar-refractivity contribution >= 4 is 16.0 Å². The standard InChI is InChI=1S/C16H24N4O3S/c1-20-9-8-17-16(20)18-11-13-4-6-15(7-5-13)24(21,22)19-12-14-3-2-10-23-14/h4-7,14,19H,2-3,8-12H2,1H3,(H,17,18). The summed E-state index contributed by atoms with van der Waals surface area (Å²) in [7, 11) is -1.49. The maximum atomic E-state index is 12.3. The molecular formula is C16H24N4O3S. The summed E-state index contributed by atoms with van der Waals surface area (Å²) in [6.07, 6.45) is 1.90. The Kier molecular flexibility index (Phi) is 5.37. The van der Waals surface area contributed by atoms with Crippen molar-refractivity contribution in [2.75, 3.05) is 33.3 Å². The van der Waals surface area contributed by atoms with Gasteiger partial charge in [0.1, 0.15) is 0 Å². The van der Waals surface area contributed by atoms with E-state index in [9.17, 15) is 8.42 Å². The van der Waals surface area contributed by atoms with Crippen molar-refractivity contribution in [3.05, 3.63) is 29.8 Å². The molecule has 0 bridgehead atoms. The molecule has 0 aromatic heterocycles. The molecule has 1 unspecified atom stereocenters.